The smallest absolute Gasteiger partial charge is 0.293 e. The third-order valence-electron chi connectivity index (χ3n) is 2.42. The molecule has 0 aliphatic carbocycles. The number of amides is 1. The molecule has 3 heterocycles. The number of furan rings is 1. The Balaban J connectivity index is 1.69. The molecule has 19 heavy (non-hydrogen) atoms. The average molecular weight is 274 g/mol. The van der Waals surface area contributed by atoms with Gasteiger partial charge in [0.25, 0.3) is 5.91 Å². The van der Waals surface area contributed by atoms with Crippen molar-refractivity contribution < 1.29 is 9.21 Å². The average Bonchev–Trinajstić information content (AvgIpc) is 3.10. The SMILES string of the molecule is O=C(Nc1nccs1)c1ccc(Cn2cccn2)o1. The Labute approximate surface area is 112 Å². The first-order chi connectivity index (χ1) is 9.31. The Morgan fingerprint density at radius 3 is 3.11 bits per heavy atom. The summed E-state index contributed by atoms with van der Waals surface area (Å²) in [7, 11) is 0. The Morgan fingerprint density at radius 1 is 1.42 bits per heavy atom. The highest BCUT2D eigenvalue weighted by molar-refractivity contribution is 7.13. The van der Waals surface area contributed by atoms with Gasteiger partial charge in [-0.05, 0) is 18.2 Å². The number of carbonyl (C=O) groups excluding carboxylic acids is 1. The molecule has 0 saturated heterocycles. The predicted octanol–water partition coefficient (Wildman–Crippen LogP) is 2.23. The van der Waals surface area contributed by atoms with E-state index in [1.807, 2.05) is 12.3 Å². The second-order valence-electron chi connectivity index (χ2n) is 3.76. The third kappa shape index (κ3) is 2.71. The molecule has 3 aromatic rings. The lowest BCUT2D eigenvalue weighted by atomic mass is 10.4. The zero-order chi connectivity index (χ0) is 13.1. The lowest BCUT2D eigenvalue weighted by molar-refractivity contribution is 0.0994. The summed E-state index contributed by atoms with van der Waals surface area (Å²) < 4.78 is 7.20. The molecule has 3 aromatic heterocycles. The van der Waals surface area contributed by atoms with E-state index in [4.69, 9.17) is 4.42 Å². The van der Waals surface area contributed by atoms with Gasteiger partial charge in [0, 0.05) is 24.0 Å². The van der Waals surface area contributed by atoms with Crippen LogP contribution in [0.4, 0.5) is 5.13 Å². The summed E-state index contributed by atoms with van der Waals surface area (Å²) >= 11 is 1.36. The number of hydrogen-bond acceptors (Lipinski definition) is 5. The number of thiazole rings is 1. The standard InChI is InChI=1S/C12H10N4O2S/c17-11(15-12-13-5-7-19-12)10-3-2-9(18-10)8-16-6-1-4-14-16/h1-7H,8H2,(H,13,15,17). The zero-order valence-corrected chi connectivity index (χ0v) is 10.6. The number of rotatable bonds is 4. The topological polar surface area (TPSA) is 73.0 Å². The van der Waals surface area contributed by atoms with Gasteiger partial charge in [0.2, 0.25) is 0 Å². The molecule has 1 N–H and O–H groups in total. The minimum atomic E-state index is -0.304. The third-order valence-corrected chi connectivity index (χ3v) is 3.10. The van der Waals surface area contributed by atoms with Gasteiger partial charge in [0.05, 0.1) is 6.54 Å². The molecule has 0 spiro atoms. The number of aromatic nitrogens is 3. The maximum absolute atomic E-state index is 11.9. The maximum Gasteiger partial charge on any atom is 0.293 e. The van der Waals surface area contributed by atoms with E-state index in [0.29, 0.717) is 17.4 Å². The van der Waals surface area contributed by atoms with E-state index in [1.54, 1.807) is 34.6 Å². The van der Waals surface area contributed by atoms with Gasteiger partial charge >= 0.3 is 0 Å². The van der Waals surface area contributed by atoms with E-state index in [1.165, 1.54) is 11.3 Å². The van der Waals surface area contributed by atoms with Gasteiger partial charge in [-0.25, -0.2) is 4.98 Å². The molecule has 0 atom stereocenters. The van der Waals surface area contributed by atoms with Crippen molar-refractivity contribution >= 4 is 22.4 Å². The van der Waals surface area contributed by atoms with Crippen LogP contribution < -0.4 is 5.32 Å². The van der Waals surface area contributed by atoms with Crippen molar-refractivity contribution in [2.45, 2.75) is 6.54 Å². The van der Waals surface area contributed by atoms with Gasteiger partial charge in [-0.2, -0.15) is 5.10 Å². The largest absolute Gasteiger partial charge is 0.454 e. The summed E-state index contributed by atoms with van der Waals surface area (Å²) in [4.78, 5) is 15.8. The van der Waals surface area contributed by atoms with Crippen molar-refractivity contribution in [1.29, 1.82) is 0 Å². The summed E-state index contributed by atoms with van der Waals surface area (Å²) in [5.41, 5.74) is 0. The molecule has 96 valence electrons. The van der Waals surface area contributed by atoms with Gasteiger partial charge in [0.1, 0.15) is 5.76 Å². The highest BCUT2D eigenvalue weighted by atomic mass is 32.1. The molecule has 0 aliphatic heterocycles. The Bertz CT molecular complexity index is 658. The van der Waals surface area contributed by atoms with Crippen LogP contribution in [0.5, 0.6) is 0 Å². The van der Waals surface area contributed by atoms with Crippen LogP contribution in [0.1, 0.15) is 16.3 Å². The van der Waals surface area contributed by atoms with Crippen LogP contribution in [0.25, 0.3) is 0 Å². The molecule has 0 radical (unpaired) electrons. The highest BCUT2D eigenvalue weighted by Crippen LogP contribution is 2.14. The molecule has 0 fully saturated rings. The summed E-state index contributed by atoms with van der Waals surface area (Å²) in [6, 6.07) is 5.24. The van der Waals surface area contributed by atoms with E-state index in [2.05, 4.69) is 15.4 Å². The van der Waals surface area contributed by atoms with E-state index in [0.717, 1.165) is 0 Å². The predicted molar refractivity (Wildman–Crippen MR) is 70.1 cm³/mol. The highest BCUT2D eigenvalue weighted by Gasteiger charge is 2.12. The van der Waals surface area contributed by atoms with Gasteiger partial charge in [-0.15, -0.1) is 11.3 Å². The number of hydrogen-bond donors (Lipinski definition) is 1. The first kappa shape index (κ1) is 11.7. The van der Waals surface area contributed by atoms with E-state index >= 15 is 0 Å². The lowest BCUT2D eigenvalue weighted by Gasteiger charge is -1.99. The van der Waals surface area contributed by atoms with Crippen LogP contribution in [-0.2, 0) is 6.54 Å². The van der Waals surface area contributed by atoms with E-state index < -0.39 is 0 Å². The minimum absolute atomic E-state index is 0.261. The van der Waals surface area contributed by atoms with Crippen LogP contribution in [0, 0.1) is 0 Å². The van der Waals surface area contributed by atoms with Gasteiger partial charge in [-0.3, -0.25) is 14.8 Å². The van der Waals surface area contributed by atoms with Crippen LogP contribution in [0.15, 0.2) is 46.6 Å². The Hall–Kier alpha value is -2.41. The fourth-order valence-corrected chi connectivity index (χ4v) is 2.11. The molecule has 6 nitrogen and oxygen atoms in total. The van der Waals surface area contributed by atoms with Crippen molar-refractivity contribution in [3.63, 3.8) is 0 Å². The molecular weight excluding hydrogens is 264 g/mol. The lowest BCUT2D eigenvalue weighted by Crippen LogP contribution is -2.10. The maximum atomic E-state index is 11.9. The molecule has 3 rings (SSSR count). The summed E-state index contributed by atoms with van der Waals surface area (Å²) in [6.45, 7) is 0.498. The number of carbonyl (C=O) groups is 1. The fourth-order valence-electron chi connectivity index (χ4n) is 1.58. The fraction of sp³-hybridized carbons (Fsp3) is 0.0833. The minimum Gasteiger partial charge on any atom is -0.454 e. The number of nitrogens with one attached hydrogen (secondary N) is 1. The Morgan fingerprint density at radius 2 is 2.37 bits per heavy atom. The molecular formula is C12H10N4O2S. The molecule has 0 saturated carbocycles. The van der Waals surface area contributed by atoms with E-state index in [-0.39, 0.29) is 11.7 Å². The van der Waals surface area contributed by atoms with Gasteiger partial charge < -0.3 is 4.42 Å². The van der Waals surface area contributed by atoms with Gasteiger partial charge in [0.15, 0.2) is 10.9 Å². The van der Waals surface area contributed by atoms with Crippen molar-refractivity contribution in [2.24, 2.45) is 0 Å². The second-order valence-corrected chi connectivity index (χ2v) is 4.66. The molecule has 0 aromatic carbocycles. The summed E-state index contributed by atoms with van der Waals surface area (Å²) in [5.74, 6) is 0.631. The monoisotopic (exact) mass is 274 g/mol. The summed E-state index contributed by atoms with van der Waals surface area (Å²) in [6.07, 6.45) is 5.16. The number of nitrogens with zero attached hydrogens (tertiary/aromatic N) is 3. The van der Waals surface area contributed by atoms with Crippen molar-refractivity contribution in [3.8, 4) is 0 Å². The molecule has 7 heteroatoms. The van der Waals surface area contributed by atoms with Crippen molar-refractivity contribution in [1.82, 2.24) is 14.8 Å². The Kier molecular flexibility index (Phi) is 3.11. The molecule has 0 aliphatic rings. The second kappa shape index (κ2) is 5.07. The van der Waals surface area contributed by atoms with Crippen LogP contribution in [0.3, 0.4) is 0 Å². The normalized spacial score (nSPS) is 10.5. The number of anilines is 1. The first-order valence-electron chi connectivity index (χ1n) is 5.58. The molecule has 1 amide bonds. The first-order valence-corrected chi connectivity index (χ1v) is 6.46. The van der Waals surface area contributed by atoms with Crippen molar-refractivity contribution in [2.75, 3.05) is 5.32 Å². The van der Waals surface area contributed by atoms with Crippen molar-refractivity contribution in [3.05, 3.63) is 53.7 Å². The van der Waals surface area contributed by atoms with Crippen LogP contribution in [-0.4, -0.2) is 20.7 Å². The van der Waals surface area contributed by atoms with E-state index in [9.17, 15) is 4.79 Å². The van der Waals surface area contributed by atoms with Crippen LogP contribution in [0.2, 0.25) is 0 Å². The summed E-state index contributed by atoms with van der Waals surface area (Å²) in [5, 5.41) is 9.08. The van der Waals surface area contributed by atoms with Gasteiger partial charge in [-0.1, -0.05) is 0 Å². The zero-order valence-electron chi connectivity index (χ0n) is 9.81. The quantitative estimate of drug-likeness (QED) is 0.791. The molecule has 0 bridgehead atoms. The molecule has 0 unspecified atom stereocenters. The van der Waals surface area contributed by atoms with Crippen LogP contribution >= 0.6 is 11.3 Å².